The van der Waals surface area contributed by atoms with Crippen molar-refractivity contribution >= 4 is 5.95 Å². The summed E-state index contributed by atoms with van der Waals surface area (Å²) in [6.45, 7) is 0. The minimum Gasteiger partial charge on any atom is -0.350 e. The molecule has 1 aromatic rings. The first-order valence-electron chi connectivity index (χ1n) is 5.33. The van der Waals surface area contributed by atoms with E-state index in [-0.39, 0.29) is 0 Å². The minimum atomic E-state index is 0.618. The number of anilines is 1. The van der Waals surface area contributed by atoms with Gasteiger partial charge in [0.25, 0.3) is 0 Å². The summed E-state index contributed by atoms with van der Waals surface area (Å²) >= 11 is 0. The second-order valence-corrected chi connectivity index (χ2v) is 4.46. The number of rotatable bonds is 3. The predicted octanol–water partition coefficient (Wildman–Crippen LogP) is 0.811. The summed E-state index contributed by atoms with van der Waals surface area (Å²) in [4.78, 5) is 0. The lowest BCUT2D eigenvalue weighted by atomic mass is 9.76. The molecular formula is C9H15N5. The van der Waals surface area contributed by atoms with E-state index in [0.29, 0.717) is 6.04 Å². The van der Waals surface area contributed by atoms with Gasteiger partial charge in [-0.3, -0.25) is 0 Å². The fourth-order valence-electron chi connectivity index (χ4n) is 2.31. The van der Waals surface area contributed by atoms with Gasteiger partial charge in [0, 0.05) is 13.1 Å². The van der Waals surface area contributed by atoms with Crippen LogP contribution >= 0.6 is 0 Å². The van der Waals surface area contributed by atoms with Crippen LogP contribution in [0.15, 0.2) is 0 Å². The zero-order chi connectivity index (χ0) is 9.54. The summed E-state index contributed by atoms with van der Waals surface area (Å²) in [6, 6.07) is 0.618. The van der Waals surface area contributed by atoms with Crippen molar-refractivity contribution in [2.75, 3.05) is 5.32 Å². The van der Waals surface area contributed by atoms with E-state index in [1.165, 1.54) is 25.7 Å². The van der Waals surface area contributed by atoms with Gasteiger partial charge in [0.2, 0.25) is 5.95 Å². The van der Waals surface area contributed by atoms with Gasteiger partial charge in [-0.05, 0) is 47.9 Å². The Morgan fingerprint density at radius 2 is 2.14 bits per heavy atom. The van der Waals surface area contributed by atoms with Gasteiger partial charge in [0.15, 0.2) is 0 Å². The summed E-state index contributed by atoms with van der Waals surface area (Å²) in [7, 11) is 1.87. The molecule has 0 aromatic carbocycles. The maximum atomic E-state index is 3.94. The van der Waals surface area contributed by atoms with Gasteiger partial charge < -0.3 is 5.32 Å². The number of tetrazole rings is 1. The third-order valence-electron chi connectivity index (χ3n) is 3.49. The van der Waals surface area contributed by atoms with Crippen LogP contribution in [0, 0.1) is 11.8 Å². The molecule has 2 fully saturated rings. The van der Waals surface area contributed by atoms with Crippen molar-refractivity contribution in [2.45, 2.75) is 31.7 Å². The molecule has 1 N–H and O–H groups in total. The number of aromatic nitrogens is 4. The van der Waals surface area contributed by atoms with E-state index in [9.17, 15) is 0 Å². The van der Waals surface area contributed by atoms with Gasteiger partial charge in [-0.25, -0.2) is 4.68 Å². The summed E-state index contributed by atoms with van der Waals surface area (Å²) in [5.74, 6) is 2.68. The number of hydrogen-bond donors (Lipinski definition) is 1. The Morgan fingerprint density at radius 3 is 2.64 bits per heavy atom. The van der Waals surface area contributed by atoms with Gasteiger partial charge in [-0.1, -0.05) is 5.10 Å². The monoisotopic (exact) mass is 193 g/mol. The predicted molar refractivity (Wildman–Crippen MR) is 51.7 cm³/mol. The fraction of sp³-hybridized carbons (Fsp3) is 0.889. The van der Waals surface area contributed by atoms with Crippen molar-refractivity contribution in [1.29, 1.82) is 0 Å². The van der Waals surface area contributed by atoms with Crippen LogP contribution in [-0.2, 0) is 7.05 Å². The van der Waals surface area contributed by atoms with Gasteiger partial charge >= 0.3 is 0 Å². The Morgan fingerprint density at radius 1 is 1.29 bits per heavy atom. The van der Waals surface area contributed by atoms with Crippen molar-refractivity contribution in [1.82, 2.24) is 20.2 Å². The summed E-state index contributed by atoms with van der Waals surface area (Å²) in [6.07, 6.45) is 5.52. The average Bonchev–Trinajstić information content (AvgIpc) is 2.85. The lowest BCUT2D eigenvalue weighted by Gasteiger charge is -2.37. The topological polar surface area (TPSA) is 55.6 Å². The standard InChI is InChI=1S/C9H15N5/c1-14-9(11-12-13-14)10-8-5-4-7(8)6-2-3-6/h6-8H,2-5H2,1H3,(H,10,11,13). The quantitative estimate of drug-likeness (QED) is 0.771. The molecule has 2 aliphatic rings. The highest BCUT2D eigenvalue weighted by molar-refractivity contribution is 5.25. The normalized spacial score (nSPS) is 31.2. The molecule has 2 unspecified atom stereocenters. The number of nitrogens with zero attached hydrogens (tertiary/aromatic N) is 4. The van der Waals surface area contributed by atoms with Crippen LogP contribution in [0.2, 0.25) is 0 Å². The second-order valence-electron chi connectivity index (χ2n) is 4.46. The highest BCUT2D eigenvalue weighted by Crippen LogP contribution is 2.47. The van der Waals surface area contributed by atoms with Crippen molar-refractivity contribution in [3.63, 3.8) is 0 Å². The maximum absolute atomic E-state index is 3.94. The van der Waals surface area contributed by atoms with E-state index in [1.54, 1.807) is 4.68 Å². The molecule has 5 heteroatoms. The van der Waals surface area contributed by atoms with Crippen LogP contribution in [0.1, 0.15) is 25.7 Å². The van der Waals surface area contributed by atoms with E-state index in [2.05, 4.69) is 20.8 Å². The van der Waals surface area contributed by atoms with E-state index in [0.717, 1.165) is 17.8 Å². The first-order chi connectivity index (χ1) is 6.84. The summed E-state index contributed by atoms with van der Waals surface area (Å²) < 4.78 is 1.70. The lowest BCUT2D eigenvalue weighted by Crippen LogP contribution is -2.40. The smallest absolute Gasteiger partial charge is 0.242 e. The van der Waals surface area contributed by atoms with Crippen molar-refractivity contribution in [3.05, 3.63) is 0 Å². The van der Waals surface area contributed by atoms with Gasteiger partial charge in [0.05, 0.1) is 0 Å². The molecule has 14 heavy (non-hydrogen) atoms. The van der Waals surface area contributed by atoms with Gasteiger partial charge in [0.1, 0.15) is 0 Å². The van der Waals surface area contributed by atoms with Crippen molar-refractivity contribution < 1.29 is 0 Å². The highest BCUT2D eigenvalue weighted by Gasteiger charge is 2.42. The highest BCUT2D eigenvalue weighted by atomic mass is 15.6. The molecule has 2 saturated carbocycles. The molecule has 2 atom stereocenters. The first-order valence-corrected chi connectivity index (χ1v) is 5.33. The average molecular weight is 193 g/mol. The third kappa shape index (κ3) is 1.27. The van der Waals surface area contributed by atoms with Crippen LogP contribution in [0.25, 0.3) is 0 Å². The van der Waals surface area contributed by atoms with Crippen LogP contribution < -0.4 is 5.32 Å². The lowest BCUT2D eigenvalue weighted by molar-refractivity contribution is 0.241. The molecule has 0 bridgehead atoms. The Balaban J connectivity index is 1.64. The Kier molecular flexibility index (Phi) is 1.72. The maximum Gasteiger partial charge on any atom is 0.242 e. The molecule has 3 rings (SSSR count). The van der Waals surface area contributed by atoms with E-state index < -0.39 is 0 Å². The van der Waals surface area contributed by atoms with Crippen LogP contribution in [0.5, 0.6) is 0 Å². The molecular weight excluding hydrogens is 178 g/mol. The first kappa shape index (κ1) is 8.20. The van der Waals surface area contributed by atoms with E-state index in [1.807, 2.05) is 7.05 Å². The number of hydrogen-bond acceptors (Lipinski definition) is 4. The Labute approximate surface area is 82.9 Å². The molecule has 5 nitrogen and oxygen atoms in total. The van der Waals surface area contributed by atoms with Crippen molar-refractivity contribution in [3.8, 4) is 0 Å². The molecule has 76 valence electrons. The van der Waals surface area contributed by atoms with Crippen LogP contribution in [0.4, 0.5) is 5.95 Å². The molecule has 0 saturated heterocycles. The fourth-order valence-corrected chi connectivity index (χ4v) is 2.31. The SMILES string of the molecule is Cn1nnnc1NC1CCC1C1CC1. The van der Waals surface area contributed by atoms with Crippen LogP contribution in [-0.4, -0.2) is 26.2 Å². The van der Waals surface area contributed by atoms with Gasteiger partial charge in [-0.15, -0.1) is 0 Å². The second kappa shape index (κ2) is 2.93. The van der Waals surface area contributed by atoms with Gasteiger partial charge in [-0.2, -0.15) is 0 Å². The molecule has 1 aromatic heterocycles. The molecule has 0 amide bonds. The molecule has 1 heterocycles. The third-order valence-corrected chi connectivity index (χ3v) is 3.49. The molecule has 0 spiro atoms. The molecule has 0 aliphatic heterocycles. The largest absolute Gasteiger partial charge is 0.350 e. The van der Waals surface area contributed by atoms with E-state index >= 15 is 0 Å². The van der Waals surface area contributed by atoms with E-state index in [4.69, 9.17) is 0 Å². The summed E-state index contributed by atoms with van der Waals surface area (Å²) in [5, 5.41) is 14.8. The number of aryl methyl sites for hydroxylation is 1. The number of nitrogens with one attached hydrogen (secondary N) is 1. The summed E-state index contributed by atoms with van der Waals surface area (Å²) in [5.41, 5.74) is 0. The Hall–Kier alpha value is -1.13. The Bertz CT molecular complexity index is 330. The minimum absolute atomic E-state index is 0.618. The molecule has 0 radical (unpaired) electrons. The zero-order valence-corrected chi connectivity index (χ0v) is 8.35. The van der Waals surface area contributed by atoms with Crippen molar-refractivity contribution in [2.24, 2.45) is 18.9 Å². The molecule has 2 aliphatic carbocycles. The van der Waals surface area contributed by atoms with Crippen LogP contribution in [0.3, 0.4) is 0 Å². The zero-order valence-electron chi connectivity index (χ0n) is 8.35.